The summed E-state index contributed by atoms with van der Waals surface area (Å²) in [5.41, 5.74) is 0.760. The number of carbonyl (C=O) groups excluding carboxylic acids is 1. The Kier molecular flexibility index (Phi) is 3.14. The molecule has 0 aromatic carbocycles. The van der Waals surface area contributed by atoms with Crippen LogP contribution in [0.3, 0.4) is 0 Å². The third-order valence-electron chi connectivity index (χ3n) is 1.68. The standard InChI is InChI=1S/C9H15NO2/c1-7(2)5-10-9(11)8-3-4-12-6-8/h6-7H,3-5H2,1-2H3,(H,10,11). The van der Waals surface area contributed by atoms with Crippen molar-refractivity contribution in [2.75, 3.05) is 13.2 Å². The van der Waals surface area contributed by atoms with E-state index in [1.165, 1.54) is 0 Å². The molecule has 0 radical (unpaired) electrons. The van der Waals surface area contributed by atoms with Gasteiger partial charge in [0, 0.05) is 13.0 Å². The van der Waals surface area contributed by atoms with E-state index in [1.54, 1.807) is 6.26 Å². The zero-order valence-electron chi connectivity index (χ0n) is 7.59. The second-order valence-electron chi connectivity index (χ2n) is 3.37. The van der Waals surface area contributed by atoms with Gasteiger partial charge in [0.2, 0.25) is 5.91 Å². The van der Waals surface area contributed by atoms with Crippen molar-refractivity contribution >= 4 is 5.91 Å². The van der Waals surface area contributed by atoms with E-state index < -0.39 is 0 Å². The third kappa shape index (κ3) is 2.57. The molecule has 1 rings (SSSR count). The molecule has 1 amide bonds. The molecule has 0 aromatic heterocycles. The van der Waals surface area contributed by atoms with Gasteiger partial charge in [0.05, 0.1) is 18.4 Å². The molecule has 12 heavy (non-hydrogen) atoms. The number of nitrogens with one attached hydrogen (secondary N) is 1. The predicted molar refractivity (Wildman–Crippen MR) is 46.5 cm³/mol. The van der Waals surface area contributed by atoms with Crippen molar-refractivity contribution in [2.45, 2.75) is 20.3 Å². The first kappa shape index (κ1) is 9.10. The Hall–Kier alpha value is -0.990. The van der Waals surface area contributed by atoms with Crippen molar-refractivity contribution < 1.29 is 9.53 Å². The molecule has 1 aliphatic heterocycles. The second kappa shape index (κ2) is 4.14. The summed E-state index contributed by atoms with van der Waals surface area (Å²) >= 11 is 0. The van der Waals surface area contributed by atoms with Crippen LogP contribution in [0.5, 0.6) is 0 Å². The van der Waals surface area contributed by atoms with Gasteiger partial charge < -0.3 is 10.1 Å². The Labute approximate surface area is 72.8 Å². The molecule has 0 saturated heterocycles. The predicted octanol–water partition coefficient (Wildman–Crippen LogP) is 1.06. The molecule has 0 unspecified atom stereocenters. The summed E-state index contributed by atoms with van der Waals surface area (Å²) in [6.07, 6.45) is 2.29. The SMILES string of the molecule is CC(C)CNC(=O)C1=COCC1. The van der Waals surface area contributed by atoms with Crippen LogP contribution < -0.4 is 5.32 Å². The van der Waals surface area contributed by atoms with Crippen molar-refractivity contribution in [2.24, 2.45) is 5.92 Å². The second-order valence-corrected chi connectivity index (χ2v) is 3.37. The number of hydrogen-bond donors (Lipinski definition) is 1. The van der Waals surface area contributed by atoms with Crippen molar-refractivity contribution in [1.29, 1.82) is 0 Å². The van der Waals surface area contributed by atoms with E-state index in [1.807, 2.05) is 0 Å². The van der Waals surface area contributed by atoms with Gasteiger partial charge in [-0.15, -0.1) is 0 Å². The van der Waals surface area contributed by atoms with Gasteiger partial charge in [0.1, 0.15) is 0 Å². The van der Waals surface area contributed by atoms with Crippen LogP contribution in [0.25, 0.3) is 0 Å². The van der Waals surface area contributed by atoms with Crippen LogP contribution in [-0.4, -0.2) is 19.1 Å². The van der Waals surface area contributed by atoms with Gasteiger partial charge in [0.25, 0.3) is 0 Å². The molecule has 0 aromatic rings. The van der Waals surface area contributed by atoms with Crippen molar-refractivity contribution in [3.8, 4) is 0 Å². The lowest BCUT2D eigenvalue weighted by molar-refractivity contribution is -0.117. The molecule has 0 bridgehead atoms. The van der Waals surface area contributed by atoms with Gasteiger partial charge >= 0.3 is 0 Å². The fourth-order valence-electron chi connectivity index (χ4n) is 0.965. The minimum absolute atomic E-state index is 0.0150. The lowest BCUT2D eigenvalue weighted by atomic mass is 10.2. The van der Waals surface area contributed by atoms with Crippen LogP contribution in [0.1, 0.15) is 20.3 Å². The lowest BCUT2D eigenvalue weighted by Gasteiger charge is -2.06. The summed E-state index contributed by atoms with van der Waals surface area (Å²) in [5.74, 6) is 0.512. The van der Waals surface area contributed by atoms with Gasteiger partial charge in [0.15, 0.2) is 0 Å². The molecule has 1 aliphatic rings. The molecule has 0 spiro atoms. The zero-order valence-corrected chi connectivity index (χ0v) is 7.59. The highest BCUT2D eigenvalue weighted by molar-refractivity contribution is 5.93. The third-order valence-corrected chi connectivity index (χ3v) is 1.68. The fraction of sp³-hybridized carbons (Fsp3) is 0.667. The highest BCUT2D eigenvalue weighted by atomic mass is 16.5. The highest BCUT2D eigenvalue weighted by Crippen LogP contribution is 2.09. The summed E-state index contributed by atoms with van der Waals surface area (Å²) in [6, 6.07) is 0. The number of rotatable bonds is 3. The van der Waals surface area contributed by atoms with E-state index in [0.717, 1.165) is 18.5 Å². The largest absolute Gasteiger partial charge is 0.500 e. The maximum Gasteiger partial charge on any atom is 0.250 e. The van der Waals surface area contributed by atoms with Crippen LogP contribution >= 0.6 is 0 Å². The van der Waals surface area contributed by atoms with E-state index in [0.29, 0.717) is 12.5 Å². The quantitative estimate of drug-likeness (QED) is 0.686. The van der Waals surface area contributed by atoms with Crippen LogP contribution in [0.2, 0.25) is 0 Å². The molecular weight excluding hydrogens is 154 g/mol. The normalized spacial score (nSPS) is 15.8. The van der Waals surface area contributed by atoms with E-state index in [2.05, 4.69) is 19.2 Å². The first-order valence-corrected chi connectivity index (χ1v) is 4.29. The van der Waals surface area contributed by atoms with Crippen LogP contribution in [0, 0.1) is 5.92 Å². The van der Waals surface area contributed by atoms with E-state index in [9.17, 15) is 4.79 Å². The number of hydrogen-bond acceptors (Lipinski definition) is 2. The first-order chi connectivity index (χ1) is 5.70. The molecule has 0 aliphatic carbocycles. The van der Waals surface area contributed by atoms with Gasteiger partial charge in [-0.3, -0.25) is 4.79 Å². The highest BCUT2D eigenvalue weighted by Gasteiger charge is 2.13. The molecule has 3 heteroatoms. The Morgan fingerprint density at radius 3 is 3.00 bits per heavy atom. The minimum atomic E-state index is 0.0150. The molecule has 0 fully saturated rings. The van der Waals surface area contributed by atoms with Crippen molar-refractivity contribution in [1.82, 2.24) is 5.32 Å². The van der Waals surface area contributed by atoms with Gasteiger partial charge in [-0.2, -0.15) is 0 Å². The van der Waals surface area contributed by atoms with E-state index >= 15 is 0 Å². The average molecular weight is 169 g/mol. The summed E-state index contributed by atoms with van der Waals surface area (Å²) in [4.78, 5) is 11.3. The van der Waals surface area contributed by atoms with Crippen molar-refractivity contribution in [3.63, 3.8) is 0 Å². The smallest absolute Gasteiger partial charge is 0.250 e. The van der Waals surface area contributed by atoms with Crippen LogP contribution in [-0.2, 0) is 9.53 Å². The van der Waals surface area contributed by atoms with E-state index in [-0.39, 0.29) is 5.91 Å². The van der Waals surface area contributed by atoms with Crippen molar-refractivity contribution in [3.05, 3.63) is 11.8 Å². The van der Waals surface area contributed by atoms with Crippen LogP contribution in [0.4, 0.5) is 0 Å². The summed E-state index contributed by atoms with van der Waals surface area (Å²) in [7, 11) is 0. The average Bonchev–Trinajstić information content (AvgIpc) is 2.51. The van der Waals surface area contributed by atoms with E-state index in [4.69, 9.17) is 4.74 Å². The Morgan fingerprint density at radius 2 is 2.50 bits per heavy atom. The summed E-state index contributed by atoms with van der Waals surface area (Å²) in [6.45, 7) is 5.51. The Bertz CT molecular complexity index is 197. The first-order valence-electron chi connectivity index (χ1n) is 4.29. The topological polar surface area (TPSA) is 38.3 Å². The number of carbonyl (C=O) groups is 1. The molecule has 1 N–H and O–H groups in total. The molecule has 3 nitrogen and oxygen atoms in total. The molecular formula is C9H15NO2. The molecule has 0 saturated carbocycles. The number of amides is 1. The fourth-order valence-corrected chi connectivity index (χ4v) is 0.965. The minimum Gasteiger partial charge on any atom is -0.500 e. The Balaban J connectivity index is 2.28. The van der Waals surface area contributed by atoms with Gasteiger partial charge in [-0.1, -0.05) is 13.8 Å². The van der Waals surface area contributed by atoms with Crippen LogP contribution in [0.15, 0.2) is 11.8 Å². The molecule has 1 heterocycles. The monoisotopic (exact) mass is 169 g/mol. The maximum absolute atomic E-state index is 11.3. The number of ether oxygens (including phenoxy) is 1. The van der Waals surface area contributed by atoms with Gasteiger partial charge in [-0.05, 0) is 5.92 Å². The molecule has 68 valence electrons. The van der Waals surface area contributed by atoms with Gasteiger partial charge in [-0.25, -0.2) is 0 Å². The maximum atomic E-state index is 11.3. The lowest BCUT2D eigenvalue weighted by Crippen LogP contribution is -2.28. The zero-order chi connectivity index (χ0) is 8.97. The molecule has 0 atom stereocenters. The summed E-state index contributed by atoms with van der Waals surface area (Å²) < 4.78 is 4.96. The summed E-state index contributed by atoms with van der Waals surface area (Å²) in [5, 5.41) is 2.84. The Morgan fingerprint density at radius 1 is 1.75 bits per heavy atom.